The molecule has 0 aromatic carbocycles. The van der Waals surface area contributed by atoms with Gasteiger partial charge in [0.15, 0.2) is 0 Å². The second-order valence-electron chi connectivity index (χ2n) is 5.50. The van der Waals surface area contributed by atoms with Crippen LogP contribution in [0.1, 0.15) is 22.7 Å². The molecule has 1 fully saturated rings. The fourth-order valence-corrected chi connectivity index (χ4v) is 2.60. The van der Waals surface area contributed by atoms with Gasteiger partial charge >= 0.3 is 0 Å². The summed E-state index contributed by atoms with van der Waals surface area (Å²) in [6, 6.07) is 2.02. The molecule has 0 aliphatic carbocycles. The molecule has 0 spiro atoms. The number of nitrogens with zero attached hydrogens (tertiary/aromatic N) is 4. The molecule has 0 atom stereocenters. The number of H-pyrrole nitrogens is 1. The molecule has 6 nitrogen and oxygen atoms in total. The third-order valence-electron chi connectivity index (χ3n) is 3.86. The molecule has 6 heteroatoms. The number of aryl methyl sites for hydroxylation is 2. The summed E-state index contributed by atoms with van der Waals surface area (Å²) >= 11 is 0. The first-order valence-corrected chi connectivity index (χ1v) is 7.06. The van der Waals surface area contributed by atoms with E-state index in [2.05, 4.69) is 32.1 Å². The minimum Gasteiger partial charge on any atom is -0.361 e. The van der Waals surface area contributed by atoms with Crippen LogP contribution >= 0.6 is 0 Å². The van der Waals surface area contributed by atoms with Gasteiger partial charge in [-0.15, -0.1) is 0 Å². The highest BCUT2D eigenvalue weighted by Gasteiger charge is 2.18. The summed E-state index contributed by atoms with van der Waals surface area (Å²) < 4.78 is 5.11. The minimum absolute atomic E-state index is 0.883. The van der Waals surface area contributed by atoms with Crippen molar-refractivity contribution >= 4 is 0 Å². The second-order valence-corrected chi connectivity index (χ2v) is 5.50. The predicted molar refractivity (Wildman–Crippen MR) is 75.1 cm³/mol. The van der Waals surface area contributed by atoms with Crippen LogP contribution in [0.2, 0.25) is 0 Å². The lowest BCUT2D eigenvalue weighted by atomic mass is 10.2. The van der Waals surface area contributed by atoms with Crippen molar-refractivity contribution < 1.29 is 4.52 Å². The van der Waals surface area contributed by atoms with Crippen LogP contribution in [0.25, 0.3) is 0 Å². The third kappa shape index (κ3) is 3.08. The van der Waals surface area contributed by atoms with Crippen molar-refractivity contribution in [3.05, 3.63) is 35.0 Å². The SMILES string of the molecule is Cc1cc(CN2CCN(Cc3cn[nH]c3C)CC2)no1. The average Bonchev–Trinajstić information content (AvgIpc) is 3.02. The molecular formula is C14H21N5O. The van der Waals surface area contributed by atoms with Crippen LogP contribution in [-0.4, -0.2) is 51.3 Å². The van der Waals surface area contributed by atoms with Gasteiger partial charge in [0.1, 0.15) is 5.76 Å². The lowest BCUT2D eigenvalue weighted by molar-refractivity contribution is 0.120. The Kier molecular flexibility index (Phi) is 3.84. The Balaban J connectivity index is 1.48. The molecule has 20 heavy (non-hydrogen) atoms. The highest BCUT2D eigenvalue weighted by molar-refractivity contribution is 5.14. The molecule has 1 saturated heterocycles. The van der Waals surface area contributed by atoms with Gasteiger partial charge in [0.25, 0.3) is 0 Å². The maximum absolute atomic E-state index is 5.11. The Hall–Kier alpha value is -1.66. The van der Waals surface area contributed by atoms with E-state index in [1.165, 1.54) is 11.3 Å². The van der Waals surface area contributed by atoms with Gasteiger partial charge in [-0.25, -0.2) is 0 Å². The van der Waals surface area contributed by atoms with Gasteiger partial charge in [-0.1, -0.05) is 5.16 Å². The molecule has 3 heterocycles. The Labute approximate surface area is 118 Å². The van der Waals surface area contributed by atoms with Crippen LogP contribution in [-0.2, 0) is 13.1 Å². The van der Waals surface area contributed by atoms with Crippen LogP contribution in [0.4, 0.5) is 0 Å². The van der Waals surface area contributed by atoms with Crippen LogP contribution in [0.3, 0.4) is 0 Å². The number of aromatic nitrogens is 3. The molecule has 0 bridgehead atoms. The summed E-state index contributed by atoms with van der Waals surface area (Å²) in [4.78, 5) is 4.90. The van der Waals surface area contributed by atoms with E-state index in [0.29, 0.717) is 0 Å². The number of rotatable bonds is 4. The number of aromatic amines is 1. The molecule has 1 aliphatic rings. The highest BCUT2D eigenvalue weighted by atomic mass is 16.5. The van der Waals surface area contributed by atoms with E-state index in [9.17, 15) is 0 Å². The maximum atomic E-state index is 5.11. The third-order valence-corrected chi connectivity index (χ3v) is 3.86. The molecule has 2 aromatic heterocycles. The number of piperazine rings is 1. The zero-order chi connectivity index (χ0) is 13.9. The topological polar surface area (TPSA) is 61.2 Å². The van der Waals surface area contributed by atoms with Gasteiger partial charge in [-0.05, 0) is 13.8 Å². The second kappa shape index (κ2) is 5.76. The summed E-state index contributed by atoms with van der Waals surface area (Å²) in [5.41, 5.74) is 3.50. The van der Waals surface area contributed by atoms with Crippen molar-refractivity contribution in [1.29, 1.82) is 0 Å². The van der Waals surface area contributed by atoms with E-state index in [4.69, 9.17) is 4.52 Å². The van der Waals surface area contributed by atoms with E-state index >= 15 is 0 Å². The summed E-state index contributed by atoms with van der Waals surface area (Å²) in [6.45, 7) is 10.2. The summed E-state index contributed by atoms with van der Waals surface area (Å²) in [6.07, 6.45) is 1.93. The van der Waals surface area contributed by atoms with Crippen molar-refractivity contribution in [3.8, 4) is 0 Å². The smallest absolute Gasteiger partial charge is 0.133 e. The first-order valence-electron chi connectivity index (χ1n) is 7.06. The molecule has 0 radical (unpaired) electrons. The first kappa shape index (κ1) is 13.3. The Morgan fingerprint density at radius 1 is 1.15 bits per heavy atom. The fourth-order valence-electron chi connectivity index (χ4n) is 2.60. The Morgan fingerprint density at radius 3 is 2.40 bits per heavy atom. The first-order chi connectivity index (χ1) is 9.70. The van der Waals surface area contributed by atoms with Gasteiger partial charge < -0.3 is 4.52 Å². The molecule has 1 N–H and O–H groups in total. The molecule has 1 aliphatic heterocycles. The van der Waals surface area contributed by atoms with Crippen LogP contribution in [0, 0.1) is 13.8 Å². The lowest BCUT2D eigenvalue weighted by Gasteiger charge is -2.34. The molecule has 108 valence electrons. The Bertz CT molecular complexity index is 553. The van der Waals surface area contributed by atoms with Crippen LogP contribution in [0.5, 0.6) is 0 Å². The van der Waals surface area contributed by atoms with E-state index in [1.54, 1.807) is 0 Å². The maximum Gasteiger partial charge on any atom is 0.133 e. The molecule has 2 aromatic rings. The van der Waals surface area contributed by atoms with E-state index in [0.717, 1.165) is 50.7 Å². The summed E-state index contributed by atoms with van der Waals surface area (Å²) in [5, 5.41) is 11.1. The van der Waals surface area contributed by atoms with E-state index in [-0.39, 0.29) is 0 Å². The van der Waals surface area contributed by atoms with Gasteiger partial charge in [0.05, 0.1) is 11.9 Å². The summed E-state index contributed by atoms with van der Waals surface area (Å²) in [5.74, 6) is 0.883. The molecule has 0 saturated carbocycles. The van der Waals surface area contributed by atoms with Gasteiger partial charge in [0.2, 0.25) is 0 Å². The lowest BCUT2D eigenvalue weighted by Crippen LogP contribution is -2.45. The predicted octanol–water partition coefficient (Wildman–Crippen LogP) is 1.33. The standard InChI is InChI=1S/C14H21N5O/c1-11-7-14(17-20-11)10-19-5-3-18(4-6-19)9-13-8-15-16-12(13)2/h7-8H,3-6,9-10H2,1-2H3,(H,15,16). The van der Waals surface area contributed by atoms with Gasteiger partial charge in [-0.2, -0.15) is 5.10 Å². The minimum atomic E-state index is 0.883. The number of hydrogen-bond donors (Lipinski definition) is 1. The van der Waals surface area contributed by atoms with Crippen LogP contribution in [0.15, 0.2) is 16.8 Å². The number of hydrogen-bond acceptors (Lipinski definition) is 5. The fraction of sp³-hybridized carbons (Fsp3) is 0.571. The van der Waals surface area contributed by atoms with E-state index in [1.807, 2.05) is 19.2 Å². The quantitative estimate of drug-likeness (QED) is 0.912. The largest absolute Gasteiger partial charge is 0.361 e. The molecule has 0 amide bonds. The zero-order valence-corrected chi connectivity index (χ0v) is 12.1. The van der Waals surface area contributed by atoms with Crippen molar-refractivity contribution in [2.24, 2.45) is 0 Å². The van der Waals surface area contributed by atoms with Crippen molar-refractivity contribution in [2.45, 2.75) is 26.9 Å². The molecule has 3 rings (SSSR count). The van der Waals surface area contributed by atoms with E-state index < -0.39 is 0 Å². The molecular weight excluding hydrogens is 254 g/mol. The van der Waals surface area contributed by atoms with Crippen LogP contribution < -0.4 is 0 Å². The normalized spacial score (nSPS) is 17.7. The highest BCUT2D eigenvalue weighted by Crippen LogP contribution is 2.12. The zero-order valence-electron chi connectivity index (χ0n) is 12.1. The summed E-state index contributed by atoms with van der Waals surface area (Å²) in [7, 11) is 0. The van der Waals surface area contributed by atoms with Crippen molar-refractivity contribution in [2.75, 3.05) is 26.2 Å². The van der Waals surface area contributed by atoms with Gasteiger partial charge in [-0.3, -0.25) is 14.9 Å². The average molecular weight is 275 g/mol. The monoisotopic (exact) mass is 275 g/mol. The van der Waals surface area contributed by atoms with Crippen molar-refractivity contribution in [3.63, 3.8) is 0 Å². The van der Waals surface area contributed by atoms with Gasteiger partial charge in [0, 0.05) is 56.6 Å². The Morgan fingerprint density at radius 2 is 1.85 bits per heavy atom. The number of nitrogens with one attached hydrogen (secondary N) is 1. The van der Waals surface area contributed by atoms with Crippen molar-refractivity contribution in [1.82, 2.24) is 25.2 Å². The molecule has 0 unspecified atom stereocenters.